The SMILES string of the molecule is COc1ccccc1NC(N)=NCCOc1cccc(C(C)(C)C)c1.I. The van der Waals surface area contributed by atoms with Crippen molar-refractivity contribution in [3.63, 3.8) is 0 Å². The lowest BCUT2D eigenvalue weighted by atomic mass is 9.87. The number of guanidine groups is 1. The van der Waals surface area contributed by atoms with E-state index in [1.807, 2.05) is 36.4 Å². The average molecular weight is 469 g/mol. The Kier molecular flexibility index (Phi) is 8.71. The molecule has 0 spiro atoms. The number of benzene rings is 2. The molecule has 0 fully saturated rings. The molecule has 142 valence electrons. The molecule has 0 radical (unpaired) electrons. The van der Waals surface area contributed by atoms with E-state index in [4.69, 9.17) is 15.2 Å². The third-order valence-electron chi connectivity index (χ3n) is 3.71. The number of nitrogens with two attached hydrogens (primary N) is 1. The van der Waals surface area contributed by atoms with Gasteiger partial charge in [-0.05, 0) is 35.2 Å². The van der Waals surface area contributed by atoms with Gasteiger partial charge in [0.1, 0.15) is 18.1 Å². The molecule has 5 nitrogen and oxygen atoms in total. The fourth-order valence-electron chi connectivity index (χ4n) is 2.31. The van der Waals surface area contributed by atoms with Crippen molar-refractivity contribution in [3.8, 4) is 11.5 Å². The van der Waals surface area contributed by atoms with Gasteiger partial charge in [-0.2, -0.15) is 0 Å². The maximum absolute atomic E-state index is 5.92. The molecule has 3 N–H and O–H groups in total. The highest BCUT2D eigenvalue weighted by molar-refractivity contribution is 14.0. The fraction of sp³-hybridized carbons (Fsp3) is 0.350. The van der Waals surface area contributed by atoms with Crippen molar-refractivity contribution >= 4 is 35.6 Å². The maximum Gasteiger partial charge on any atom is 0.193 e. The van der Waals surface area contributed by atoms with Crippen molar-refractivity contribution in [1.82, 2.24) is 0 Å². The minimum atomic E-state index is 0. The lowest BCUT2D eigenvalue weighted by Gasteiger charge is -2.19. The summed E-state index contributed by atoms with van der Waals surface area (Å²) in [5.41, 5.74) is 8.04. The number of aliphatic imine (C=N–C) groups is 1. The van der Waals surface area contributed by atoms with E-state index < -0.39 is 0 Å². The van der Waals surface area contributed by atoms with Gasteiger partial charge >= 0.3 is 0 Å². The Labute approximate surface area is 173 Å². The van der Waals surface area contributed by atoms with Crippen LogP contribution in [0.1, 0.15) is 26.3 Å². The number of methoxy groups -OCH3 is 1. The van der Waals surface area contributed by atoms with Crippen LogP contribution in [-0.4, -0.2) is 26.2 Å². The van der Waals surface area contributed by atoms with Gasteiger partial charge in [-0.15, -0.1) is 24.0 Å². The lowest BCUT2D eigenvalue weighted by Crippen LogP contribution is -2.23. The lowest BCUT2D eigenvalue weighted by molar-refractivity contribution is 0.328. The summed E-state index contributed by atoms with van der Waals surface area (Å²) in [6.07, 6.45) is 0. The van der Waals surface area contributed by atoms with Crippen LogP contribution in [0.25, 0.3) is 0 Å². The standard InChI is InChI=1S/C20H27N3O2.HI/c1-20(2,3)15-8-7-9-16(14-15)25-13-12-22-19(21)23-17-10-5-6-11-18(17)24-4;/h5-11,14H,12-13H2,1-4H3,(H3,21,22,23);1H. The molecule has 0 aliphatic rings. The van der Waals surface area contributed by atoms with Crippen molar-refractivity contribution in [2.75, 3.05) is 25.6 Å². The van der Waals surface area contributed by atoms with Gasteiger partial charge in [0, 0.05) is 0 Å². The van der Waals surface area contributed by atoms with E-state index in [2.05, 4.69) is 43.2 Å². The van der Waals surface area contributed by atoms with Crippen LogP contribution >= 0.6 is 24.0 Å². The molecule has 0 unspecified atom stereocenters. The Morgan fingerprint density at radius 3 is 2.54 bits per heavy atom. The highest BCUT2D eigenvalue weighted by atomic mass is 127. The second-order valence-corrected chi connectivity index (χ2v) is 6.72. The molecule has 0 heterocycles. The third kappa shape index (κ3) is 6.74. The molecule has 0 saturated carbocycles. The number of hydrogen-bond acceptors (Lipinski definition) is 3. The summed E-state index contributed by atoms with van der Waals surface area (Å²) in [7, 11) is 1.62. The Balaban J connectivity index is 0.00000338. The van der Waals surface area contributed by atoms with Gasteiger partial charge in [0.25, 0.3) is 0 Å². The summed E-state index contributed by atoms with van der Waals surface area (Å²) < 4.78 is 11.0. The first-order valence-corrected chi connectivity index (χ1v) is 8.33. The van der Waals surface area contributed by atoms with Crippen molar-refractivity contribution in [2.45, 2.75) is 26.2 Å². The molecule has 26 heavy (non-hydrogen) atoms. The summed E-state index contributed by atoms with van der Waals surface area (Å²) >= 11 is 0. The van der Waals surface area contributed by atoms with Crippen LogP contribution < -0.4 is 20.5 Å². The number of anilines is 1. The maximum atomic E-state index is 5.92. The van der Waals surface area contributed by atoms with Crippen molar-refractivity contribution in [1.29, 1.82) is 0 Å². The summed E-state index contributed by atoms with van der Waals surface area (Å²) in [6.45, 7) is 7.47. The minimum Gasteiger partial charge on any atom is -0.495 e. The zero-order valence-electron chi connectivity index (χ0n) is 15.8. The first kappa shape index (κ1) is 22.1. The van der Waals surface area contributed by atoms with E-state index in [0.29, 0.717) is 19.1 Å². The van der Waals surface area contributed by atoms with Gasteiger partial charge in [-0.3, -0.25) is 0 Å². The molecular weight excluding hydrogens is 441 g/mol. The van der Waals surface area contributed by atoms with Crippen LogP contribution in [0.4, 0.5) is 5.69 Å². The number of ether oxygens (including phenoxy) is 2. The smallest absolute Gasteiger partial charge is 0.193 e. The van der Waals surface area contributed by atoms with E-state index in [9.17, 15) is 0 Å². The van der Waals surface area contributed by atoms with Crippen LogP contribution in [0.3, 0.4) is 0 Å². The van der Waals surface area contributed by atoms with Gasteiger partial charge in [-0.1, -0.05) is 45.0 Å². The van der Waals surface area contributed by atoms with E-state index in [1.165, 1.54) is 5.56 Å². The zero-order valence-corrected chi connectivity index (χ0v) is 18.1. The van der Waals surface area contributed by atoms with Gasteiger partial charge in [0.05, 0.1) is 19.3 Å². The third-order valence-corrected chi connectivity index (χ3v) is 3.71. The van der Waals surface area contributed by atoms with Crippen LogP contribution in [0.15, 0.2) is 53.5 Å². The summed E-state index contributed by atoms with van der Waals surface area (Å²) in [6, 6.07) is 15.7. The van der Waals surface area contributed by atoms with Gasteiger partial charge in [0.2, 0.25) is 0 Å². The van der Waals surface area contributed by atoms with Crippen LogP contribution in [0, 0.1) is 0 Å². The first-order valence-electron chi connectivity index (χ1n) is 8.33. The number of hydrogen-bond donors (Lipinski definition) is 2. The first-order chi connectivity index (χ1) is 11.9. The second kappa shape index (κ2) is 10.3. The molecule has 0 aliphatic carbocycles. The monoisotopic (exact) mass is 469 g/mol. The fourth-order valence-corrected chi connectivity index (χ4v) is 2.31. The molecule has 0 aromatic heterocycles. The number of para-hydroxylation sites is 2. The van der Waals surface area contributed by atoms with Crippen molar-refractivity contribution in [3.05, 3.63) is 54.1 Å². The largest absolute Gasteiger partial charge is 0.495 e. The quantitative estimate of drug-likeness (QED) is 0.285. The van der Waals surface area contributed by atoms with Crippen molar-refractivity contribution < 1.29 is 9.47 Å². The van der Waals surface area contributed by atoms with Crippen LogP contribution in [0.5, 0.6) is 11.5 Å². The molecule has 6 heteroatoms. The van der Waals surface area contributed by atoms with Crippen LogP contribution in [0.2, 0.25) is 0 Å². The van der Waals surface area contributed by atoms with Gasteiger partial charge < -0.3 is 20.5 Å². The van der Waals surface area contributed by atoms with Gasteiger partial charge in [0.15, 0.2) is 5.96 Å². The molecule has 0 bridgehead atoms. The molecule has 0 amide bonds. The van der Waals surface area contributed by atoms with E-state index in [-0.39, 0.29) is 29.4 Å². The Hall–Kier alpha value is -1.96. The Morgan fingerprint density at radius 2 is 1.85 bits per heavy atom. The summed E-state index contributed by atoms with van der Waals surface area (Å²) in [5.74, 6) is 1.89. The summed E-state index contributed by atoms with van der Waals surface area (Å²) in [5, 5.41) is 3.04. The zero-order chi connectivity index (χ0) is 18.3. The Morgan fingerprint density at radius 1 is 1.12 bits per heavy atom. The van der Waals surface area contributed by atoms with E-state index in [0.717, 1.165) is 17.2 Å². The van der Waals surface area contributed by atoms with Gasteiger partial charge in [-0.25, -0.2) is 4.99 Å². The summed E-state index contributed by atoms with van der Waals surface area (Å²) in [4.78, 5) is 4.28. The number of halogens is 1. The highest BCUT2D eigenvalue weighted by Crippen LogP contribution is 2.25. The predicted molar refractivity (Wildman–Crippen MR) is 119 cm³/mol. The average Bonchev–Trinajstić information content (AvgIpc) is 2.59. The molecule has 0 atom stereocenters. The second-order valence-electron chi connectivity index (χ2n) is 6.72. The molecule has 0 aliphatic heterocycles. The number of nitrogens with one attached hydrogen (secondary N) is 1. The Bertz CT molecular complexity index is 727. The normalized spacial score (nSPS) is 11.5. The minimum absolute atomic E-state index is 0. The predicted octanol–water partition coefficient (Wildman–Crippen LogP) is 4.42. The topological polar surface area (TPSA) is 68.9 Å². The molecule has 2 aromatic rings. The van der Waals surface area contributed by atoms with Crippen LogP contribution in [-0.2, 0) is 5.41 Å². The molecule has 0 saturated heterocycles. The van der Waals surface area contributed by atoms with E-state index >= 15 is 0 Å². The highest BCUT2D eigenvalue weighted by Gasteiger charge is 2.13. The molecule has 2 rings (SSSR count). The number of rotatable bonds is 6. The number of nitrogens with zero attached hydrogens (tertiary/aromatic N) is 1. The molecule has 2 aromatic carbocycles. The van der Waals surface area contributed by atoms with E-state index in [1.54, 1.807) is 7.11 Å². The van der Waals surface area contributed by atoms with Crippen molar-refractivity contribution in [2.24, 2.45) is 10.7 Å². The molecular formula is C20H28IN3O2.